The number of carbonyl (C=O) groups is 2. The molecular formula is C34H42N2O5S. The number of ether oxygens (including phenoxy) is 2. The highest BCUT2D eigenvalue weighted by atomic mass is 32.2. The van der Waals surface area contributed by atoms with Crippen LogP contribution in [0.3, 0.4) is 0 Å². The normalized spacial score (nSPS) is 17.0. The van der Waals surface area contributed by atoms with Crippen LogP contribution in [0.5, 0.6) is 5.75 Å². The minimum atomic E-state index is -0.936. The number of hydrogen-bond acceptors (Lipinski definition) is 6. The lowest BCUT2D eigenvalue weighted by atomic mass is 9.93. The second-order valence-electron chi connectivity index (χ2n) is 11.0. The monoisotopic (exact) mass is 590 g/mol. The lowest BCUT2D eigenvalue weighted by molar-refractivity contribution is -0.124. The van der Waals surface area contributed by atoms with Crippen LogP contribution in [-0.2, 0) is 22.4 Å². The zero-order valence-electron chi connectivity index (χ0n) is 24.5. The molecule has 0 unspecified atom stereocenters. The molecule has 0 bridgehead atoms. The van der Waals surface area contributed by atoms with Gasteiger partial charge in [-0.05, 0) is 74.0 Å². The highest BCUT2D eigenvalue weighted by Crippen LogP contribution is 2.23. The van der Waals surface area contributed by atoms with Gasteiger partial charge in [0.15, 0.2) is 6.61 Å². The summed E-state index contributed by atoms with van der Waals surface area (Å²) in [6.07, 6.45) is 1.57. The lowest BCUT2D eigenvalue weighted by Gasteiger charge is -2.29. The number of nitrogens with one attached hydrogen (secondary N) is 2. The van der Waals surface area contributed by atoms with Gasteiger partial charge in [0, 0.05) is 11.8 Å². The van der Waals surface area contributed by atoms with E-state index in [0.717, 1.165) is 46.6 Å². The average molecular weight is 591 g/mol. The van der Waals surface area contributed by atoms with Crippen LogP contribution in [0, 0.1) is 13.8 Å². The first kappa shape index (κ1) is 31.4. The Hall–Kier alpha value is -3.49. The Morgan fingerprint density at radius 1 is 0.905 bits per heavy atom. The summed E-state index contributed by atoms with van der Waals surface area (Å²) in [5, 5.41) is 17.5. The van der Waals surface area contributed by atoms with E-state index in [2.05, 4.69) is 10.6 Å². The zero-order valence-corrected chi connectivity index (χ0v) is 25.3. The summed E-state index contributed by atoms with van der Waals surface area (Å²) in [7, 11) is 0. The molecule has 3 aromatic rings. The molecule has 3 N–H and O–H groups in total. The van der Waals surface area contributed by atoms with Crippen molar-refractivity contribution in [2.45, 2.75) is 70.2 Å². The summed E-state index contributed by atoms with van der Waals surface area (Å²) in [5.74, 6) is 2.26. The highest BCUT2D eigenvalue weighted by Gasteiger charge is 2.28. The number of alkyl carbamates (subject to hydrolysis) is 1. The van der Waals surface area contributed by atoms with Gasteiger partial charge in [-0.1, -0.05) is 78.9 Å². The van der Waals surface area contributed by atoms with Gasteiger partial charge in [-0.15, -0.1) is 0 Å². The maximum Gasteiger partial charge on any atom is 0.407 e. The fourth-order valence-corrected chi connectivity index (χ4v) is 6.30. The van der Waals surface area contributed by atoms with E-state index in [1.165, 1.54) is 0 Å². The molecule has 0 aliphatic carbocycles. The van der Waals surface area contributed by atoms with Crippen molar-refractivity contribution in [3.63, 3.8) is 0 Å². The van der Waals surface area contributed by atoms with Crippen LogP contribution < -0.4 is 15.4 Å². The molecule has 0 saturated carbocycles. The Labute approximate surface area is 253 Å². The number of hydrogen-bond donors (Lipinski definition) is 3. The smallest absolute Gasteiger partial charge is 0.407 e. The molecule has 1 aliphatic rings. The summed E-state index contributed by atoms with van der Waals surface area (Å²) < 4.78 is 11.6. The summed E-state index contributed by atoms with van der Waals surface area (Å²) in [5.41, 5.74) is 3.93. The van der Waals surface area contributed by atoms with Crippen molar-refractivity contribution in [2.24, 2.45) is 0 Å². The van der Waals surface area contributed by atoms with Gasteiger partial charge >= 0.3 is 6.09 Å². The number of carbonyl (C=O) groups excluding carboxylic acids is 2. The van der Waals surface area contributed by atoms with Crippen LogP contribution in [0.4, 0.5) is 4.79 Å². The molecule has 2 amide bonds. The van der Waals surface area contributed by atoms with E-state index in [4.69, 9.17) is 9.47 Å². The first-order chi connectivity index (χ1) is 20.4. The number of benzene rings is 3. The quantitative estimate of drug-likeness (QED) is 0.247. The molecule has 0 spiro atoms. The highest BCUT2D eigenvalue weighted by molar-refractivity contribution is 7.99. The fourth-order valence-electron chi connectivity index (χ4n) is 5.27. The van der Waals surface area contributed by atoms with Gasteiger partial charge in [0.25, 0.3) is 5.91 Å². The molecule has 1 fully saturated rings. The third kappa shape index (κ3) is 10.1. The average Bonchev–Trinajstić information content (AvgIpc) is 2.98. The summed E-state index contributed by atoms with van der Waals surface area (Å²) in [6, 6.07) is 24.4. The standard InChI is InChI=1S/C34H42N2O5S/c1-24-11-9-12-25(2)33(24)40-22-32(38)36-30(20-27-15-7-4-8-16-27)31(37)21-28(19-26-13-5-3-6-14-26)35-34(39)41-29-17-10-18-42-23-29/h3-9,11-16,28-31,37H,10,17-23H2,1-2H3,(H,35,39)(H,36,38)/t28-,29+,30-,31-/m0/s1. The fraction of sp³-hybridized carbons (Fsp3) is 0.412. The van der Waals surface area contributed by atoms with E-state index in [-0.39, 0.29) is 25.0 Å². The molecule has 0 aromatic heterocycles. The molecule has 4 atom stereocenters. The third-order valence-electron chi connectivity index (χ3n) is 7.43. The van der Waals surface area contributed by atoms with Crippen LogP contribution in [0.15, 0.2) is 78.9 Å². The van der Waals surface area contributed by atoms with Crippen molar-refractivity contribution in [1.82, 2.24) is 10.6 Å². The van der Waals surface area contributed by atoms with E-state index >= 15 is 0 Å². The Morgan fingerprint density at radius 2 is 1.55 bits per heavy atom. The van der Waals surface area contributed by atoms with Gasteiger partial charge in [-0.3, -0.25) is 4.79 Å². The molecule has 1 heterocycles. The maximum absolute atomic E-state index is 13.1. The number of aryl methyl sites for hydroxylation is 2. The molecule has 8 heteroatoms. The van der Waals surface area contributed by atoms with Crippen molar-refractivity contribution < 1.29 is 24.2 Å². The number of rotatable bonds is 13. The Bertz CT molecular complexity index is 1250. The number of para-hydroxylation sites is 1. The minimum absolute atomic E-state index is 0.104. The third-order valence-corrected chi connectivity index (χ3v) is 8.62. The Morgan fingerprint density at radius 3 is 2.17 bits per heavy atom. The van der Waals surface area contributed by atoms with Gasteiger partial charge in [-0.2, -0.15) is 11.8 Å². The molecular weight excluding hydrogens is 548 g/mol. The Balaban J connectivity index is 1.45. The number of thioether (sulfide) groups is 1. The first-order valence-electron chi connectivity index (χ1n) is 14.7. The van der Waals surface area contributed by atoms with Gasteiger partial charge in [-0.25, -0.2) is 4.79 Å². The van der Waals surface area contributed by atoms with Crippen molar-refractivity contribution in [3.8, 4) is 5.75 Å². The van der Waals surface area contributed by atoms with Crippen LogP contribution in [-0.4, -0.2) is 59.5 Å². The van der Waals surface area contributed by atoms with Crippen LogP contribution in [0.2, 0.25) is 0 Å². The van der Waals surface area contributed by atoms with E-state index < -0.39 is 24.3 Å². The van der Waals surface area contributed by atoms with E-state index in [9.17, 15) is 14.7 Å². The topological polar surface area (TPSA) is 96.9 Å². The van der Waals surface area contributed by atoms with Gasteiger partial charge in [0.1, 0.15) is 11.9 Å². The number of aliphatic hydroxyl groups excluding tert-OH is 1. The first-order valence-corrected chi connectivity index (χ1v) is 15.8. The zero-order chi connectivity index (χ0) is 29.7. The van der Waals surface area contributed by atoms with Gasteiger partial charge in [0.2, 0.25) is 0 Å². The van der Waals surface area contributed by atoms with Crippen molar-refractivity contribution in [3.05, 3.63) is 101 Å². The van der Waals surface area contributed by atoms with E-state index in [0.29, 0.717) is 18.6 Å². The molecule has 1 saturated heterocycles. The predicted molar refractivity (Wildman–Crippen MR) is 168 cm³/mol. The second kappa shape index (κ2) is 16.2. The molecule has 7 nitrogen and oxygen atoms in total. The largest absolute Gasteiger partial charge is 0.483 e. The molecule has 4 rings (SSSR count). The van der Waals surface area contributed by atoms with Crippen LogP contribution in [0.1, 0.15) is 41.5 Å². The van der Waals surface area contributed by atoms with Crippen molar-refractivity contribution in [1.29, 1.82) is 0 Å². The summed E-state index contributed by atoms with van der Waals surface area (Å²) >= 11 is 1.80. The second-order valence-corrected chi connectivity index (χ2v) is 12.1. The predicted octanol–water partition coefficient (Wildman–Crippen LogP) is 5.39. The van der Waals surface area contributed by atoms with Gasteiger partial charge in [0.05, 0.1) is 12.1 Å². The maximum atomic E-state index is 13.1. The molecule has 0 radical (unpaired) electrons. The molecule has 42 heavy (non-hydrogen) atoms. The number of aliphatic hydroxyl groups is 1. The molecule has 224 valence electrons. The van der Waals surface area contributed by atoms with Crippen molar-refractivity contribution >= 4 is 23.8 Å². The van der Waals surface area contributed by atoms with Crippen molar-refractivity contribution in [2.75, 3.05) is 18.1 Å². The van der Waals surface area contributed by atoms with Crippen LogP contribution >= 0.6 is 11.8 Å². The van der Waals surface area contributed by atoms with E-state index in [1.54, 1.807) is 11.8 Å². The minimum Gasteiger partial charge on any atom is -0.483 e. The lowest BCUT2D eigenvalue weighted by Crippen LogP contribution is -2.50. The molecule has 3 aromatic carbocycles. The van der Waals surface area contributed by atoms with E-state index in [1.807, 2.05) is 92.7 Å². The van der Waals surface area contributed by atoms with Crippen LogP contribution in [0.25, 0.3) is 0 Å². The Kier molecular flexibility index (Phi) is 12.1. The SMILES string of the molecule is Cc1cccc(C)c1OCC(=O)N[C@@H](Cc1ccccc1)[C@@H](O)C[C@H](Cc1ccccc1)NC(=O)O[C@@H]1CCCSC1. The summed E-state index contributed by atoms with van der Waals surface area (Å²) in [6.45, 7) is 3.72. The summed E-state index contributed by atoms with van der Waals surface area (Å²) in [4.78, 5) is 26.0. The van der Waals surface area contributed by atoms with Gasteiger partial charge < -0.3 is 25.2 Å². The molecule has 1 aliphatic heterocycles. The number of amides is 2.